The minimum absolute atomic E-state index is 0.0776. The number of carbonyl (C=O) groups is 2. The minimum atomic E-state index is -0.449. The van der Waals surface area contributed by atoms with Crippen LogP contribution in [0.2, 0.25) is 0 Å². The van der Waals surface area contributed by atoms with E-state index in [4.69, 9.17) is 23.9 Å². The number of nitrogens with zero attached hydrogens (tertiary/aromatic N) is 2. The van der Waals surface area contributed by atoms with Crippen LogP contribution in [0.4, 0.5) is 0 Å². The van der Waals surface area contributed by atoms with E-state index in [1.54, 1.807) is 30.9 Å². The highest BCUT2D eigenvalue weighted by Crippen LogP contribution is 2.35. The molecule has 4 rings (SSSR count). The Labute approximate surface area is 242 Å². The van der Waals surface area contributed by atoms with E-state index in [0.29, 0.717) is 66.5 Å². The molecular weight excluding hydrogens is 548 g/mol. The molecule has 0 saturated carbocycles. The summed E-state index contributed by atoms with van der Waals surface area (Å²) in [7, 11) is 3.22. The van der Waals surface area contributed by atoms with Gasteiger partial charge >= 0.3 is 0 Å². The van der Waals surface area contributed by atoms with Gasteiger partial charge in [0.25, 0.3) is 5.56 Å². The van der Waals surface area contributed by atoms with Crippen molar-refractivity contribution in [1.29, 1.82) is 0 Å². The first-order chi connectivity index (χ1) is 19.9. The fraction of sp³-hybridized carbons (Fsp3) is 0.448. The fourth-order valence-corrected chi connectivity index (χ4v) is 5.36. The lowest BCUT2D eigenvalue weighted by Gasteiger charge is -2.18. The Hall–Kier alpha value is -3.77. The summed E-state index contributed by atoms with van der Waals surface area (Å²) in [4.78, 5) is 43.9. The fourth-order valence-electron chi connectivity index (χ4n) is 4.30. The number of rotatable bonds is 15. The van der Waals surface area contributed by atoms with Crippen LogP contribution in [-0.2, 0) is 27.4 Å². The number of benzene rings is 2. The highest BCUT2D eigenvalue weighted by atomic mass is 32.2. The number of ether oxygens (including phenoxy) is 4. The van der Waals surface area contributed by atoms with Crippen LogP contribution in [0.25, 0.3) is 10.9 Å². The molecule has 2 heterocycles. The van der Waals surface area contributed by atoms with Crippen LogP contribution >= 0.6 is 11.8 Å². The molecule has 41 heavy (non-hydrogen) atoms. The molecule has 2 aromatic carbocycles. The molecule has 0 unspecified atom stereocenters. The van der Waals surface area contributed by atoms with Gasteiger partial charge in [-0.3, -0.25) is 19.0 Å². The van der Waals surface area contributed by atoms with Crippen molar-refractivity contribution in [3.8, 4) is 17.2 Å². The van der Waals surface area contributed by atoms with Gasteiger partial charge in [-0.25, -0.2) is 4.98 Å². The van der Waals surface area contributed by atoms with Crippen molar-refractivity contribution >= 4 is 34.5 Å². The monoisotopic (exact) mass is 584 g/mol. The van der Waals surface area contributed by atoms with Gasteiger partial charge in [0.2, 0.25) is 18.6 Å². The lowest BCUT2D eigenvalue weighted by atomic mass is 10.2. The number of carbonyl (C=O) groups excluding carboxylic acids is 2. The van der Waals surface area contributed by atoms with E-state index >= 15 is 0 Å². The van der Waals surface area contributed by atoms with Crippen LogP contribution in [0.15, 0.2) is 46.3 Å². The van der Waals surface area contributed by atoms with Gasteiger partial charge in [0.15, 0.2) is 16.7 Å². The normalized spacial score (nSPS) is 12.8. The van der Waals surface area contributed by atoms with Crippen molar-refractivity contribution in [3.05, 3.63) is 52.3 Å². The number of methoxy groups -OCH3 is 2. The Morgan fingerprint density at radius 3 is 2.56 bits per heavy atom. The van der Waals surface area contributed by atoms with Gasteiger partial charge in [0.1, 0.15) is 5.75 Å². The summed E-state index contributed by atoms with van der Waals surface area (Å²) >= 11 is 1.24. The van der Waals surface area contributed by atoms with E-state index < -0.39 is 5.25 Å². The third-order valence-corrected chi connectivity index (χ3v) is 7.94. The summed E-state index contributed by atoms with van der Waals surface area (Å²) < 4.78 is 22.7. The second-order valence-corrected chi connectivity index (χ2v) is 10.6. The topological polar surface area (TPSA) is 130 Å². The van der Waals surface area contributed by atoms with E-state index in [9.17, 15) is 14.4 Å². The van der Waals surface area contributed by atoms with Crippen molar-refractivity contribution in [3.63, 3.8) is 0 Å². The molecule has 2 N–H and O–H groups in total. The molecule has 1 atom stereocenters. The minimum Gasteiger partial charge on any atom is -0.497 e. The first-order valence-electron chi connectivity index (χ1n) is 13.6. The van der Waals surface area contributed by atoms with E-state index in [2.05, 4.69) is 10.6 Å². The molecule has 1 aromatic heterocycles. The van der Waals surface area contributed by atoms with Crippen LogP contribution in [0.5, 0.6) is 17.2 Å². The standard InChI is InChI=1S/C29H36N4O7S/c1-4-25(27(35)30-12-6-14-37-2)41-29-32-22-16-24-23(39-18-40-24)15-21(22)28(36)33(29)13-5-7-26(34)31-17-19-8-10-20(38-3)11-9-19/h8-11,15-16,25H,4-7,12-14,17-18H2,1-3H3,(H,30,35)(H,31,34)/t25-/m1/s1. The molecule has 12 heteroatoms. The lowest BCUT2D eigenvalue weighted by molar-refractivity contribution is -0.121. The molecule has 0 aliphatic carbocycles. The van der Waals surface area contributed by atoms with Crippen LogP contribution in [0, 0.1) is 0 Å². The summed E-state index contributed by atoms with van der Waals surface area (Å²) in [5, 5.41) is 6.20. The third kappa shape index (κ3) is 7.92. The Kier molecular flexibility index (Phi) is 10.9. The zero-order chi connectivity index (χ0) is 29.2. The number of hydrogen-bond acceptors (Lipinski definition) is 9. The summed E-state index contributed by atoms with van der Waals surface area (Å²) in [5.74, 6) is 1.51. The molecule has 0 fully saturated rings. The smallest absolute Gasteiger partial charge is 0.262 e. The van der Waals surface area contributed by atoms with Crippen molar-refractivity contribution in [2.75, 3.05) is 34.2 Å². The second-order valence-electron chi connectivity index (χ2n) is 9.45. The maximum absolute atomic E-state index is 13.7. The summed E-state index contributed by atoms with van der Waals surface area (Å²) in [5.41, 5.74) is 1.16. The molecular formula is C29H36N4O7S. The van der Waals surface area contributed by atoms with Crippen molar-refractivity contribution in [1.82, 2.24) is 20.2 Å². The van der Waals surface area contributed by atoms with Gasteiger partial charge in [-0.1, -0.05) is 30.8 Å². The maximum Gasteiger partial charge on any atom is 0.262 e. The summed E-state index contributed by atoms with van der Waals surface area (Å²) in [6.07, 6.45) is 1.89. The van der Waals surface area contributed by atoms with Gasteiger partial charge in [-0.15, -0.1) is 0 Å². The van der Waals surface area contributed by atoms with Gasteiger partial charge in [0, 0.05) is 45.8 Å². The highest BCUT2D eigenvalue weighted by Gasteiger charge is 2.24. The average molecular weight is 585 g/mol. The summed E-state index contributed by atoms with van der Waals surface area (Å²) in [6.45, 7) is 3.71. The largest absolute Gasteiger partial charge is 0.497 e. The van der Waals surface area contributed by atoms with E-state index in [1.165, 1.54) is 11.8 Å². The molecule has 0 bridgehead atoms. The van der Waals surface area contributed by atoms with Crippen molar-refractivity contribution in [2.24, 2.45) is 0 Å². The van der Waals surface area contributed by atoms with Gasteiger partial charge in [0.05, 0.1) is 23.3 Å². The Balaban J connectivity index is 1.48. The van der Waals surface area contributed by atoms with E-state index in [1.807, 2.05) is 31.2 Å². The molecule has 11 nitrogen and oxygen atoms in total. The first-order valence-corrected chi connectivity index (χ1v) is 14.5. The number of hydrogen-bond donors (Lipinski definition) is 2. The molecule has 3 aromatic rings. The average Bonchev–Trinajstić information content (AvgIpc) is 3.45. The van der Waals surface area contributed by atoms with Crippen molar-refractivity contribution in [2.45, 2.75) is 56.1 Å². The van der Waals surface area contributed by atoms with Gasteiger partial charge < -0.3 is 29.6 Å². The SMILES string of the molecule is CC[C@@H](Sc1nc2cc3c(cc2c(=O)n1CCCC(=O)NCc1ccc(OC)cc1)OCO3)C(=O)NCCCOC. The molecule has 0 saturated heterocycles. The van der Waals surface area contributed by atoms with Crippen LogP contribution < -0.4 is 30.4 Å². The highest BCUT2D eigenvalue weighted by molar-refractivity contribution is 8.00. The number of thioether (sulfide) groups is 1. The van der Waals surface area contributed by atoms with Crippen LogP contribution in [0.3, 0.4) is 0 Å². The first kappa shape index (κ1) is 30.2. The maximum atomic E-state index is 13.7. The molecule has 0 spiro atoms. The van der Waals surface area contributed by atoms with Crippen LogP contribution in [-0.4, -0.2) is 60.8 Å². The quantitative estimate of drug-likeness (QED) is 0.157. The van der Waals surface area contributed by atoms with Crippen molar-refractivity contribution < 1.29 is 28.5 Å². The number of aromatic nitrogens is 2. The zero-order valence-corrected chi connectivity index (χ0v) is 24.4. The van der Waals surface area contributed by atoms with Gasteiger partial charge in [-0.2, -0.15) is 0 Å². The number of fused-ring (bicyclic) bond motifs is 2. The van der Waals surface area contributed by atoms with E-state index in [0.717, 1.165) is 11.3 Å². The Morgan fingerprint density at radius 2 is 1.85 bits per heavy atom. The van der Waals surface area contributed by atoms with Crippen LogP contribution in [0.1, 0.15) is 38.2 Å². The molecule has 0 radical (unpaired) electrons. The van der Waals surface area contributed by atoms with E-state index in [-0.39, 0.29) is 37.1 Å². The summed E-state index contributed by atoms with van der Waals surface area (Å²) in [6, 6.07) is 10.8. The number of nitrogens with one attached hydrogen (secondary N) is 2. The predicted molar refractivity (Wildman–Crippen MR) is 156 cm³/mol. The molecule has 2 amide bonds. The molecule has 1 aliphatic rings. The third-order valence-electron chi connectivity index (χ3n) is 6.58. The second kappa shape index (κ2) is 14.7. The Morgan fingerprint density at radius 1 is 1.10 bits per heavy atom. The molecule has 220 valence electrons. The number of amides is 2. The molecule has 1 aliphatic heterocycles. The van der Waals surface area contributed by atoms with Gasteiger partial charge in [-0.05, 0) is 43.0 Å². The lowest BCUT2D eigenvalue weighted by Crippen LogP contribution is -2.34. The Bertz CT molecular complexity index is 1410. The predicted octanol–water partition coefficient (Wildman–Crippen LogP) is 3.25. The zero-order valence-electron chi connectivity index (χ0n) is 23.6.